The first-order valence-electron chi connectivity index (χ1n) is 5.39. The summed E-state index contributed by atoms with van der Waals surface area (Å²) in [5.74, 6) is -0.443. The minimum atomic E-state index is -0.536. The first-order valence-corrected chi connectivity index (χ1v) is 5.39. The van der Waals surface area contributed by atoms with Crippen molar-refractivity contribution in [2.24, 2.45) is 0 Å². The lowest BCUT2D eigenvalue weighted by atomic mass is 9.84. The minimum Gasteiger partial charge on any atom is -0.507 e. The van der Waals surface area contributed by atoms with Crippen molar-refractivity contribution in [1.29, 1.82) is 0 Å². The Morgan fingerprint density at radius 3 is 2.41 bits per heavy atom. The molecule has 0 aliphatic heterocycles. The number of phenolic OH excluding ortho intramolecular Hbond substituents is 1. The van der Waals surface area contributed by atoms with E-state index in [1.807, 2.05) is 26.8 Å². The Kier molecular flexibility index (Phi) is 3.61. The molecule has 92 valence electrons. The predicted octanol–water partition coefficient (Wildman–Crippen LogP) is 2.88. The van der Waals surface area contributed by atoms with E-state index in [0.29, 0.717) is 5.56 Å². The Morgan fingerprint density at radius 2 is 1.94 bits per heavy atom. The number of benzene rings is 1. The highest BCUT2D eigenvalue weighted by Crippen LogP contribution is 2.35. The molecule has 0 amide bonds. The lowest BCUT2D eigenvalue weighted by Gasteiger charge is -2.22. The Labute approximate surface area is 102 Å². The molecule has 1 aromatic carbocycles. The third-order valence-electron chi connectivity index (χ3n) is 2.60. The molecule has 0 unspecified atom stereocenters. The van der Waals surface area contributed by atoms with Crippen molar-refractivity contribution in [1.82, 2.24) is 0 Å². The molecule has 0 aliphatic carbocycles. The van der Waals surface area contributed by atoms with Gasteiger partial charge in [0.2, 0.25) is 0 Å². The Bertz CT molecular complexity index is 453. The van der Waals surface area contributed by atoms with Gasteiger partial charge in [0.15, 0.2) is 0 Å². The van der Waals surface area contributed by atoms with Crippen LogP contribution in [0.1, 0.15) is 31.9 Å². The summed E-state index contributed by atoms with van der Waals surface area (Å²) in [5, 5.41) is 10.2. The minimum absolute atomic E-state index is 0.0930. The number of hydrogen-bond donors (Lipinski definition) is 1. The quantitative estimate of drug-likeness (QED) is 0.632. The zero-order valence-corrected chi connectivity index (χ0v) is 10.7. The number of methoxy groups -OCH3 is 1. The first-order chi connectivity index (χ1) is 7.79. The Hall–Kier alpha value is -1.77. The van der Waals surface area contributed by atoms with E-state index in [0.717, 1.165) is 5.56 Å². The van der Waals surface area contributed by atoms with Gasteiger partial charge in [-0.1, -0.05) is 45.5 Å². The van der Waals surface area contributed by atoms with Crippen LogP contribution in [0.4, 0.5) is 0 Å². The number of carbonyl (C=O) groups excluding carboxylic acids is 1. The molecule has 0 spiro atoms. The van der Waals surface area contributed by atoms with Crippen LogP contribution >= 0.6 is 0 Å². The summed E-state index contributed by atoms with van der Waals surface area (Å²) in [6, 6.07) is 5.29. The van der Waals surface area contributed by atoms with Crippen LogP contribution in [0, 0.1) is 0 Å². The van der Waals surface area contributed by atoms with Gasteiger partial charge in [0.05, 0.1) is 12.7 Å². The van der Waals surface area contributed by atoms with Crippen molar-refractivity contribution in [3.8, 4) is 5.75 Å². The maximum absolute atomic E-state index is 11.4. The number of ether oxygens (including phenoxy) is 1. The van der Waals surface area contributed by atoms with Crippen molar-refractivity contribution < 1.29 is 14.6 Å². The fourth-order valence-corrected chi connectivity index (χ4v) is 1.63. The molecular formula is C14H18O3. The molecular weight excluding hydrogens is 216 g/mol. The Balaban J connectivity index is 3.29. The second-order valence-corrected chi connectivity index (χ2v) is 4.92. The highest BCUT2D eigenvalue weighted by Gasteiger charge is 2.22. The standard InChI is InChI=1S/C14H18O3/c1-9(13(16)17-5)10-7-6-8-11(12(10)15)14(2,3)4/h6-8,15H,1H2,2-5H3. The molecule has 0 saturated heterocycles. The van der Waals surface area contributed by atoms with Crippen LogP contribution in [0.3, 0.4) is 0 Å². The van der Waals surface area contributed by atoms with Gasteiger partial charge in [-0.25, -0.2) is 4.79 Å². The van der Waals surface area contributed by atoms with Crippen molar-refractivity contribution >= 4 is 11.5 Å². The van der Waals surface area contributed by atoms with E-state index in [1.165, 1.54) is 7.11 Å². The van der Waals surface area contributed by atoms with E-state index in [-0.39, 0.29) is 16.7 Å². The van der Waals surface area contributed by atoms with Crippen LogP contribution < -0.4 is 0 Å². The predicted molar refractivity (Wildman–Crippen MR) is 67.9 cm³/mol. The van der Waals surface area contributed by atoms with Crippen LogP contribution in [0.2, 0.25) is 0 Å². The van der Waals surface area contributed by atoms with E-state index < -0.39 is 5.97 Å². The highest BCUT2D eigenvalue weighted by atomic mass is 16.5. The van der Waals surface area contributed by atoms with E-state index in [9.17, 15) is 9.90 Å². The molecule has 0 bridgehead atoms. The molecule has 0 radical (unpaired) electrons. The lowest BCUT2D eigenvalue weighted by molar-refractivity contribution is -0.133. The molecule has 0 fully saturated rings. The van der Waals surface area contributed by atoms with Crippen molar-refractivity contribution in [2.45, 2.75) is 26.2 Å². The van der Waals surface area contributed by atoms with Gasteiger partial charge < -0.3 is 9.84 Å². The summed E-state index contributed by atoms with van der Waals surface area (Å²) in [7, 11) is 1.29. The number of hydrogen-bond acceptors (Lipinski definition) is 3. The van der Waals surface area contributed by atoms with Gasteiger partial charge in [0, 0.05) is 5.56 Å². The van der Waals surface area contributed by atoms with E-state index in [1.54, 1.807) is 12.1 Å². The molecule has 0 aliphatic rings. The summed E-state index contributed by atoms with van der Waals surface area (Å²) < 4.78 is 4.60. The zero-order valence-electron chi connectivity index (χ0n) is 10.7. The summed E-state index contributed by atoms with van der Waals surface area (Å²) >= 11 is 0. The summed E-state index contributed by atoms with van der Waals surface area (Å²) in [6.45, 7) is 9.62. The summed E-state index contributed by atoms with van der Waals surface area (Å²) in [4.78, 5) is 11.4. The van der Waals surface area contributed by atoms with E-state index in [2.05, 4.69) is 11.3 Å². The summed E-state index contributed by atoms with van der Waals surface area (Å²) in [5.41, 5.74) is 1.16. The van der Waals surface area contributed by atoms with Crippen LogP contribution in [-0.2, 0) is 14.9 Å². The number of rotatable bonds is 2. The molecule has 0 heterocycles. The van der Waals surface area contributed by atoms with Gasteiger partial charge in [-0.05, 0) is 11.0 Å². The fraction of sp³-hybridized carbons (Fsp3) is 0.357. The molecule has 1 aromatic rings. The normalized spacial score (nSPS) is 11.1. The second kappa shape index (κ2) is 4.62. The van der Waals surface area contributed by atoms with Gasteiger partial charge in [0.25, 0.3) is 0 Å². The molecule has 0 aromatic heterocycles. The van der Waals surface area contributed by atoms with Gasteiger partial charge in [-0.3, -0.25) is 0 Å². The molecule has 1 N–H and O–H groups in total. The largest absolute Gasteiger partial charge is 0.507 e. The van der Waals surface area contributed by atoms with Crippen molar-refractivity contribution in [3.05, 3.63) is 35.9 Å². The van der Waals surface area contributed by atoms with E-state index >= 15 is 0 Å². The monoisotopic (exact) mass is 234 g/mol. The Morgan fingerprint density at radius 1 is 1.35 bits per heavy atom. The number of aromatic hydroxyl groups is 1. The topological polar surface area (TPSA) is 46.5 Å². The van der Waals surface area contributed by atoms with E-state index in [4.69, 9.17) is 0 Å². The SMILES string of the molecule is C=C(C(=O)OC)c1cccc(C(C)(C)C)c1O. The molecule has 3 nitrogen and oxygen atoms in total. The van der Waals surface area contributed by atoms with Crippen LogP contribution in [0.25, 0.3) is 5.57 Å². The third kappa shape index (κ3) is 2.67. The molecule has 0 atom stereocenters. The lowest BCUT2D eigenvalue weighted by Crippen LogP contribution is -2.12. The molecule has 0 saturated carbocycles. The van der Waals surface area contributed by atoms with Crippen molar-refractivity contribution in [3.63, 3.8) is 0 Å². The van der Waals surface area contributed by atoms with Crippen molar-refractivity contribution in [2.75, 3.05) is 7.11 Å². The molecule has 3 heteroatoms. The smallest absolute Gasteiger partial charge is 0.337 e. The van der Waals surface area contributed by atoms with Gasteiger partial charge in [-0.2, -0.15) is 0 Å². The van der Waals surface area contributed by atoms with Crippen LogP contribution in [0.15, 0.2) is 24.8 Å². The molecule has 17 heavy (non-hydrogen) atoms. The van der Waals surface area contributed by atoms with Crippen LogP contribution in [0.5, 0.6) is 5.75 Å². The third-order valence-corrected chi connectivity index (χ3v) is 2.60. The molecule has 1 rings (SSSR count). The highest BCUT2D eigenvalue weighted by molar-refractivity contribution is 6.16. The average Bonchev–Trinajstić information content (AvgIpc) is 2.25. The van der Waals surface area contributed by atoms with Crippen LogP contribution in [-0.4, -0.2) is 18.2 Å². The first kappa shape index (κ1) is 13.3. The zero-order chi connectivity index (χ0) is 13.2. The maximum atomic E-state index is 11.4. The maximum Gasteiger partial charge on any atom is 0.337 e. The average molecular weight is 234 g/mol. The second-order valence-electron chi connectivity index (χ2n) is 4.92. The van der Waals surface area contributed by atoms with Gasteiger partial charge in [-0.15, -0.1) is 0 Å². The fourth-order valence-electron chi connectivity index (χ4n) is 1.63. The summed E-state index contributed by atoms with van der Waals surface area (Å²) in [6.07, 6.45) is 0. The number of carbonyl (C=O) groups is 1. The van der Waals surface area contributed by atoms with Gasteiger partial charge in [0.1, 0.15) is 5.75 Å². The number of phenols is 1. The number of esters is 1. The van der Waals surface area contributed by atoms with Gasteiger partial charge >= 0.3 is 5.97 Å². The number of para-hydroxylation sites is 1.